The van der Waals surface area contributed by atoms with E-state index < -0.39 is 18.0 Å². The summed E-state index contributed by atoms with van der Waals surface area (Å²) in [5.74, 6) is 5.89. The number of nitrogens with one attached hydrogen (secondary N) is 1. The lowest BCUT2D eigenvalue weighted by molar-refractivity contribution is -0.106. The fourth-order valence-electron chi connectivity index (χ4n) is 1.74. The number of methoxy groups -OCH3 is 2. The maximum Gasteiger partial charge on any atom is 0.408 e. The summed E-state index contributed by atoms with van der Waals surface area (Å²) in [6.45, 7) is 5.63. The smallest absolute Gasteiger partial charge is 0.408 e. The van der Waals surface area contributed by atoms with E-state index in [4.69, 9.17) is 14.2 Å². The Morgan fingerprint density at radius 3 is 2.45 bits per heavy atom. The molecule has 1 rings (SSSR count). The average molecular weight is 305 g/mol. The minimum absolute atomic E-state index is 0.202. The molecule has 0 radical (unpaired) electrons. The van der Waals surface area contributed by atoms with E-state index in [0.29, 0.717) is 0 Å². The molecule has 0 bridgehead atoms. The van der Waals surface area contributed by atoms with Crippen LogP contribution >= 0.6 is 0 Å². The number of hydrogen-bond donors (Lipinski definition) is 1. The van der Waals surface area contributed by atoms with Gasteiger partial charge in [-0.1, -0.05) is 30.0 Å². The Bertz CT molecular complexity index is 548. The lowest BCUT2D eigenvalue weighted by atomic mass is 10.1. The zero-order valence-corrected chi connectivity index (χ0v) is 13.7. The van der Waals surface area contributed by atoms with Crippen LogP contribution in [-0.2, 0) is 14.2 Å². The highest BCUT2D eigenvalue weighted by Crippen LogP contribution is 2.20. The van der Waals surface area contributed by atoms with Gasteiger partial charge in [0, 0.05) is 25.3 Å². The predicted molar refractivity (Wildman–Crippen MR) is 84.3 cm³/mol. The molecular formula is C17H23NO4. The molecule has 1 amide bonds. The molecule has 0 aliphatic heterocycles. The van der Waals surface area contributed by atoms with E-state index in [-0.39, 0.29) is 6.54 Å². The van der Waals surface area contributed by atoms with Gasteiger partial charge in [-0.05, 0) is 26.8 Å². The van der Waals surface area contributed by atoms with Crippen LogP contribution in [0.25, 0.3) is 0 Å². The van der Waals surface area contributed by atoms with Gasteiger partial charge in [0.2, 0.25) is 0 Å². The maximum atomic E-state index is 11.5. The van der Waals surface area contributed by atoms with Crippen LogP contribution in [0.4, 0.5) is 4.79 Å². The standard InChI is InChI=1S/C17H23NO4/c1-17(2,3)22-16(19)18-12-8-10-13-9-6-7-11-14(13)15(20-4)21-5/h6-7,9,11,15H,12H2,1-5H3,(H,18,19). The van der Waals surface area contributed by atoms with Gasteiger partial charge in [0.15, 0.2) is 6.29 Å². The highest BCUT2D eigenvalue weighted by atomic mass is 16.7. The van der Waals surface area contributed by atoms with Crippen molar-refractivity contribution in [3.63, 3.8) is 0 Å². The molecular weight excluding hydrogens is 282 g/mol. The second-order valence-electron chi connectivity index (χ2n) is 5.55. The van der Waals surface area contributed by atoms with Gasteiger partial charge in [-0.25, -0.2) is 4.79 Å². The van der Waals surface area contributed by atoms with Crippen LogP contribution in [-0.4, -0.2) is 32.5 Å². The second-order valence-corrected chi connectivity index (χ2v) is 5.55. The van der Waals surface area contributed by atoms with E-state index in [1.54, 1.807) is 14.2 Å². The average Bonchev–Trinajstić information content (AvgIpc) is 2.44. The minimum atomic E-state index is -0.520. The van der Waals surface area contributed by atoms with Gasteiger partial charge in [0.25, 0.3) is 0 Å². The van der Waals surface area contributed by atoms with Crippen molar-refractivity contribution in [2.45, 2.75) is 32.7 Å². The van der Waals surface area contributed by atoms with E-state index in [9.17, 15) is 4.79 Å². The van der Waals surface area contributed by atoms with Crippen LogP contribution in [0.5, 0.6) is 0 Å². The molecule has 0 spiro atoms. The molecule has 0 unspecified atom stereocenters. The molecule has 0 fully saturated rings. The monoisotopic (exact) mass is 305 g/mol. The number of benzene rings is 1. The Hall–Kier alpha value is -2.03. The fourth-order valence-corrected chi connectivity index (χ4v) is 1.74. The van der Waals surface area contributed by atoms with Crippen molar-refractivity contribution in [3.05, 3.63) is 35.4 Å². The first-order valence-corrected chi connectivity index (χ1v) is 6.97. The third-order valence-corrected chi connectivity index (χ3v) is 2.59. The molecule has 0 aromatic heterocycles. The summed E-state index contributed by atoms with van der Waals surface area (Å²) in [5.41, 5.74) is 1.12. The normalized spacial score (nSPS) is 10.8. The van der Waals surface area contributed by atoms with Gasteiger partial charge >= 0.3 is 6.09 Å². The topological polar surface area (TPSA) is 56.8 Å². The van der Waals surface area contributed by atoms with Crippen LogP contribution in [0.3, 0.4) is 0 Å². The first-order valence-electron chi connectivity index (χ1n) is 6.97. The Morgan fingerprint density at radius 1 is 1.23 bits per heavy atom. The number of carbonyl (C=O) groups is 1. The van der Waals surface area contributed by atoms with Crippen LogP contribution < -0.4 is 5.32 Å². The molecule has 1 aromatic rings. The third kappa shape index (κ3) is 6.17. The quantitative estimate of drug-likeness (QED) is 0.686. The highest BCUT2D eigenvalue weighted by molar-refractivity contribution is 5.68. The molecule has 5 nitrogen and oxygen atoms in total. The summed E-state index contributed by atoms with van der Waals surface area (Å²) in [7, 11) is 3.14. The molecule has 0 aliphatic rings. The summed E-state index contributed by atoms with van der Waals surface area (Å²) >= 11 is 0. The van der Waals surface area contributed by atoms with Gasteiger partial charge in [-0.3, -0.25) is 0 Å². The predicted octanol–water partition coefficient (Wildman–Crippen LogP) is 2.85. The Balaban J connectivity index is 2.67. The SMILES string of the molecule is COC(OC)c1ccccc1C#CCNC(=O)OC(C)(C)C. The van der Waals surface area contributed by atoms with Crippen LogP contribution in [0.1, 0.15) is 38.2 Å². The van der Waals surface area contributed by atoms with Crippen molar-refractivity contribution in [1.82, 2.24) is 5.32 Å². The molecule has 0 aliphatic carbocycles. The van der Waals surface area contributed by atoms with E-state index in [1.165, 1.54) is 0 Å². The summed E-state index contributed by atoms with van der Waals surface area (Å²) in [6, 6.07) is 7.55. The number of carbonyl (C=O) groups excluding carboxylic acids is 1. The van der Waals surface area contributed by atoms with Crippen LogP contribution in [0.2, 0.25) is 0 Å². The van der Waals surface area contributed by atoms with Gasteiger partial charge in [0.05, 0.1) is 6.54 Å². The van der Waals surface area contributed by atoms with Crippen LogP contribution in [0, 0.1) is 11.8 Å². The number of rotatable bonds is 4. The van der Waals surface area contributed by atoms with E-state index in [1.807, 2.05) is 45.0 Å². The minimum Gasteiger partial charge on any atom is -0.444 e. The molecule has 0 atom stereocenters. The van der Waals surface area contributed by atoms with Crippen molar-refractivity contribution in [3.8, 4) is 11.8 Å². The lowest BCUT2D eigenvalue weighted by Gasteiger charge is -2.19. The zero-order chi connectivity index (χ0) is 16.6. The van der Waals surface area contributed by atoms with Gasteiger partial charge in [0.1, 0.15) is 5.60 Å². The molecule has 0 saturated carbocycles. The molecule has 120 valence electrons. The fraction of sp³-hybridized carbons (Fsp3) is 0.471. The highest BCUT2D eigenvalue weighted by Gasteiger charge is 2.15. The van der Waals surface area contributed by atoms with E-state index in [2.05, 4.69) is 17.2 Å². The van der Waals surface area contributed by atoms with Crippen molar-refractivity contribution >= 4 is 6.09 Å². The van der Waals surface area contributed by atoms with Crippen LogP contribution in [0.15, 0.2) is 24.3 Å². The summed E-state index contributed by atoms with van der Waals surface area (Å²) in [5, 5.41) is 2.59. The van der Waals surface area contributed by atoms with E-state index >= 15 is 0 Å². The third-order valence-electron chi connectivity index (χ3n) is 2.59. The molecule has 0 heterocycles. The molecule has 1 aromatic carbocycles. The van der Waals surface area contributed by atoms with Crippen molar-refractivity contribution in [2.24, 2.45) is 0 Å². The lowest BCUT2D eigenvalue weighted by Crippen LogP contribution is -2.32. The zero-order valence-electron chi connectivity index (χ0n) is 13.7. The number of ether oxygens (including phenoxy) is 3. The number of hydrogen-bond acceptors (Lipinski definition) is 4. The number of amides is 1. The first kappa shape index (κ1) is 18.0. The van der Waals surface area contributed by atoms with Gasteiger partial charge < -0.3 is 19.5 Å². The van der Waals surface area contributed by atoms with Crippen molar-refractivity contribution in [2.75, 3.05) is 20.8 Å². The summed E-state index contributed by atoms with van der Waals surface area (Å²) in [4.78, 5) is 11.5. The molecule has 1 N–H and O–H groups in total. The van der Waals surface area contributed by atoms with Gasteiger partial charge in [-0.15, -0.1) is 0 Å². The van der Waals surface area contributed by atoms with E-state index in [0.717, 1.165) is 11.1 Å². The first-order chi connectivity index (χ1) is 10.4. The second kappa shape index (κ2) is 8.42. The largest absolute Gasteiger partial charge is 0.444 e. The number of alkyl carbamates (subject to hydrolysis) is 1. The van der Waals surface area contributed by atoms with Crippen molar-refractivity contribution in [1.29, 1.82) is 0 Å². The summed E-state index contributed by atoms with van der Waals surface area (Å²) in [6.07, 6.45) is -0.953. The summed E-state index contributed by atoms with van der Waals surface area (Å²) < 4.78 is 15.6. The Morgan fingerprint density at radius 2 is 1.86 bits per heavy atom. The molecule has 0 saturated heterocycles. The van der Waals surface area contributed by atoms with Gasteiger partial charge in [-0.2, -0.15) is 0 Å². The maximum absolute atomic E-state index is 11.5. The Labute approximate surface area is 131 Å². The van der Waals surface area contributed by atoms with Crippen molar-refractivity contribution < 1.29 is 19.0 Å². The Kier molecular flexibility index (Phi) is 6.90. The molecule has 5 heteroatoms. The molecule has 22 heavy (non-hydrogen) atoms.